The lowest BCUT2D eigenvalue weighted by atomic mass is 9.73. The highest BCUT2D eigenvalue weighted by Crippen LogP contribution is 2.35. The van der Waals surface area contributed by atoms with Crippen LogP contribution in [0.2, 0.25) is 5.02 Å². The van der Waals surface area contributed by atoms with Crippen LogP contribution in [-0.4, -0.2) is 51.5 Å². The van der Waals surface area contributed by atoms with Crippen molar-refractivity contribution >= 4 is 38.9 Å². The second kappa shape index (κ2) is 17.6. The molecule has 12 heteroatoms. The molecule has 264 valence electrons. The number of aromatic amines is 1. The average molecular weight is 693 g/mol. The molecule has 0 spiro atoms. The fourth-order valence-corrected chi connectivity index (χ4v) is 6.97. The van der Waals surface area contributed by atoms with Gasteiger partial charge in [-0.3, -0.25) is 14.6 Å². The van der Waals surface area contributed by atoms with Crippen LogP contribution in [0.3, 0.4) is 0 Å². The van der Waals surface area contributed by atoms with Crippen LogP contribution in [0.4, 0.5) is 5.69 Å². The van der Waals surface area contributed by atoms with E-state index in [4.69, 9.17) is 16.3 Å². The molecule has 1 unspecified atom stereocenters. The molecular weight excluding hydrogens is 636 g/mol. The Labute approximate surface area is 287 Å². The lowest BCUT2D eigenvalue weighted by Gasteiger charge is -2.41. The number of fused-ring (bicyclic) bond motifs is 1. The number of amides is 1. The molecule has 3 N–H and O–H groups in total. The van der Waals surface area contributed by atoms with E-state index in [1.807, 2.05) is 41.5 Å². The first kappa shape index (κ1) is 38.7. The molecule has 0 bridgehead atoms. The van der Waals surface area contributed by atoms with Crippen molar-refractivity contribution in [2.24, 2.45) is 0 Å². The number of carbonyl (C=O) groups excluding carboxylic acids is 1. The number of nitrogens with zero attached hydrogens (tertiary/aromatic N) is 3. The number of unbranched alkanes of at least 4 members (excludes halogenated alkanes) is 10. The largest absolute Gasteiger partial charge is 0.481 e. The molecule has 0 radical (unpaired) electrons. The number of aromatic nitrogens is 4. The first-order valence-corrected chi connectivity index (χ1v) is 19.4. The van der Waals surface area contributed by atoms with Gasteiger partial charge in [0.2, 0.25) is 10.0 Å². The lowest BCUT2D eigenvalue weighted by Crippen LogP contribution is -2.59. The van der Waals surface area contributed by atoms with Crippen LogP contribution in [-0.2, 0) is 20.2 Å². The van der Waals surface area contributed by atoms with Gasteiger partial charge in [-0.2, -0.15) is 0 Å². The summed E-state index contributed by atoms with van der Waals surface area (Å²) in [6, 6.07) is 6.74. The smallest absolute Gasteiger partial charge is 0.261 e. The van der Waals surface area contributed by atoms with E-state index in [0.717, 1.165) is 31.4 Å². The summed E-state index contributed by atoms with van der Waals surface area (Å²) in [5.74, 6) is 1.01. The molecule has 0 saturated heterocycles. The number of nitrogens with one attached hydrogen (secondary N) is 3. The van der Waals surface area contributed by atoms with Crippen LogP contribution in [0.5, 0.6) is 5.75 Å². The summed E-state index contributed by atoms with van der Waals surface area (Å²) in [6.45, 7) is 14.1. The third kappa shape index (κ3) is 10.9. The van der Waals surface area contributed by atoms with Crippen LogP contribution in [0.15, 0.2) is 24.3 Å². The number of H-pyrrole nitrogens is 1. The van der Waals surface area contributed by atoms with Crippen molar-refractivity contribution in [2.75, 3.05) is 10.5 Å². The van der Waals surface area contributed by atoms with Gasteiger partial charge >= 0.3 is 0 Å². The Morgan fingerprint density at radius 3 is 2.09 bits per heavy atom. The van der Waals surface area contributed by atoms with Crippen molar-refractivity contribution in [3.63, 3.8) is 0 Å². The summed E-state index contributed by atoms with van der Waals surface area (Å²) in [6.07, 6.45) is 13.2. The molecule has 0 aliphatic carbocycles. The van der Waals surface area contributed by atoms with Gasteiger partial charge in [0.15, 0.2) is 17.6 Å². The third-order valence-corrected chi connectivity index (χ3v) is 11.1. The minimum Gasteiger partial charge on any atom is -0.481 e. The minimum atomic E-state index is -3.42. The van der Waals surface area contributed by atoms with E-state index < -0.39 is 27.1 Å². The van der Waals surface area contributed by atoms with E-state index >= 15 is 0 Å². The van der Waals surface area contributed by atoms with E-state index in [0.29, 0.717) is 40.8 Å². The van der Waals surface area contributed by atoms with Crippen molar-refractivity contribution in [3.8, 4) is 5.75 Å². The molecule has 0 saturated carbocycles. The van der Waals surface area contributed by atoms with Gasteiger partial charge in [-0.1, -0.05) is 104 Å². The Kier molecular flexibility index (Phi) is 14.4. The Morgan fingerprint density at radius 1 is 0.915 bits per heavy atom. The number of carbonyl (C=O) groups is 1. The lowest BCUT2D eigenvalue weighted by molar-refractivity contribution is -0.130. The number of sulfonamides is 1. The van der Waals surface area contributed by atoms with Crippen molar-refractivity contribution in [3.05, 3.63) is 40.8 Å². The van der Waals surface area contributed by atoms with Gasteiger partial charge in [0.05, 0.1) is 11.4 Å². The van der Waals surface area contributed by atoms with Crippen molar-refractivity contribution in [1.29, 1.82) is 0 Å². The average Bonchev–Trinajstić information content (AvgIpc) is 3.55. The topological polar surface area (TPSA) is 130 Å². The van der Waals surface area contributed by atoms with E-state index in [1.165, 1.54) is 44.9 Å². The van der Waals surface area contributed by atoms with E-state index in [9.17, 15) is 13.2 Å². The molecule has 10 nitrogen and oxygen atoms in total. The summed E-state index contributed by atoms with van der Waals surface area (Å²) >= 11 is 6.42. The number of benzene rings is 1. The van der Waals surface area contributed by atoms with Gasteiger partial charge in [-0.25, -0.2) is 12.9 Å². The van der Waals surface area contributed by atoms with Crippen LogP contribution >= 0.6 is 11.6 Å². The predicted octanol–water partition coefficient (Wildman–Crippen LogP) is 8.49. The van der Waals surface area contributed by atoms with Gasteiger partial charge in [-0.15, -0.1) is 10.2 Å². The maximum absolute atomic E-state index is 13.9. The van der Waals surface area contributed by atoms with Gasteiger partial charge in [0.1, 0.15) is 10.8 Å². The first-order valence-electron chi connectivity index (χ1n) is 17.4. The van der Waals surface area contributed by atoms with Gasteiger partial charge in [0, 0.05) is 16.6 Å². The summed E-state index contributed by atoms with van der Waals surface area (Å²) in [4.78, 5) is 13.9. The van der Waals surface area contributed by atoms with Gasteiger partial charge < -0.3 is 10.1 Å². The standard InChI is InChI=1S/C35H57ClN6O4S/c1-8-10-12-13-14-15-16-17-18-19-20-29(46-28-23-21-27(22-24-28)41-47(44,45)25-11-9-2)32(43)37-35(6,7)34(4,5)33-39-38-31-30(36)26(3)40-42(31)33/h21-24,29,40-41H,8-20,25H2,1-7H3,(H,37,43). The Morgan fingerprint density at radius 2 is 1.49 bits per heavy atom. The molecular formula is C35H57ClN6O4S. The molecule has 0 aliphatic heterocycles. The SMILES string of the molecule is CCCCCCCCCCCCC(Oc1ccc(NS(=O)(=O)CCCC)cc1)C(=O)NC(C)(C)C(C)(C)c1nnc2c(Cl)c(C)[nH]n12. The van der Waals surface area contributed by atoms with Crippen LogP contribution in [0, 0.1) is 6.92 Å². The zero-order chi connectivity index (χ0) is 34.7. The molecule has 2 aromatic heterocycles. The number of ether oxygens (including phenoxy) is 1. The van der Waals surface area contributed by atoms with Crippen LogP contribution in [0.25, 0.3) is 5.65 Å². The number of rotatable bonds is 22. The van der Waals surface area contributed by atoms with Gasteiger partial charge in [0.25, 0.3) is 5.91 Å². The predicted molar refractivity (Wildman–Crippen MR) is 192 cm³/mol. The Hall–Kier alpha value is -2.79. The number of anilines is 1. The van der Waals surface area contributed by atoms with E-state index in [-0.39, 0.29) is 11.7 Å². The number of aryl methyl sites for hydroxylation is 1. The second-order valence-corrected chi connectivity index (χ2v) is 16.1. The summed E-state index contributed by atoms with van der Waals surface area (Å²) < 4.78 is 35.4. The molecule has 3 rings (SSSR count). The van der Waals surface area contributed by atoms with Gasteiger partial charge in [-0.05, 0) is 64.3 Å². The highest BCUT2D eigenvalue weighted by Gasteiger charge is 2.44. The van der Waals surface area contributed by atoms with Crippen LogP contribution < -0.4 is 14.8 Å². The molecule has 0 fully saturated rings. The van der Waals surface area contributed by atoms with Crippen molar-refractivity contribution in [2.45, 2.75) is 149 Å². The van der Waals surface area contributed by atoms with E-state index in [1.54, 1.807) is 28.8 Å². The normalized spacial score (nSPS) is 13.2. The molecule has 1 amide bonds. The second-order valence-electron chi connectivity index (χ2n) is 13.8. The maximum atomic E-state index is 13.9. The monoisotopic (exact) mass is 692 g/mol. The Bertz CT molecular complexity index is 1510. The summed E-state index contributed by atoms with van der Waals surface area (Å²) in [5.41, 5.74) is 0.401. The minimum absolute atomic E-state index is 0.0752. The molecule has 2 heterocycles. The Balaban J connectivity index is 1.70. The van der Waals surface area contributed by atoms with Crippen LogP contribution in [0.1, 0.15) is 137 Å². The van der Waals surface area contributed by atoms with Crippen molar-refractivity contribution in [1.82, 2.24) is 25.1 Å². The highest BCUT2D eigenvalue weighted by molar-refractivity contribution is 7.92. The summed E-state index contributed by atoms with van der Waals surface area (Å²) in [5, 5.41) is 15.7. The summed E-state index contributed by atoms with van der Waals surface area (Å²) in [7, 11) is -3.42. The molecule has 1 atom stereocenters. The first-order chi connectivity index (χ1) is 22.2. The fourth-order valence-electron chi connectivity index (χ4n) is 5.54. The maximum Gasteiger partial charge on any atom is 0.261 e. The third-order valence-electron chi connectivity index (χ3n) is 9.31. The highest BCUT2D eigenvalue weighted by atomic mass is 35.5. The molecule has 3 aromatic rings. The van der Waals surface area contributed by atoms with Crippen molar-refractivity contribution < 1.29 is 17.9 Å². The number of halogens is 1. The molecule has 1 aromatic carbocycles. The number of hydrogen-bond donors (Lipinski definition) is 3. The number of hydrogen-bond acceptors (Lipinski definition) is 6. The van der Waals surface area contributed by atoms with E-state index in [2.05, 4.69) is 32.3 Å². The molecule has 0 aliphatic rings. The molecule has 47 heavy (non-hydrogen) atoms. The zero-order valence-electron chi connectivity index (χ0n) is 29.5. The fraction of sp³-hybridized carbons (Fsp3) is 0.686. The zero-order valence-corrected chi connectivity index (χ0v) is 31.1. The quantitative estimate of drug-likeness (QED) is 0.0906.